The Balaban J connectivity index is 0.000000582. The zero-order valence-corrected chi connectivity index (χ0v) is 41.4. The van der Waals surface area contributed by atoms with Crippen molar-refractivity contribution in [3.8, 4) is 0 Å². The third-order valence-corrected chi connectivity index (χ3v) is 13.0. The number of Topliss-reactive ketones (excluding diaryl/α,β-unsaturated/α-hetero) is 2. The standard InChI is InChI=1S/C28H51NO4.C21H28O4.C5H12/c1-5-6-7-8-9-10-11-12-13-14-15-16-17-18-19-20-23-32-27(24-29(3)4)25-33-28(31)22-21-26(2)30;1-4-9-20(3)14(10-13(2)23)5-7-16-17-8-6-15(12-22)21(17,25)11-18(24)19(16)20;1-3-5-4-2/h9-10,12-13,27H,5-8,11,14-25H2,1-4H3;4,9-10,12,15-17,19,25H,5-8,11H2,1-3H3;3-5H2,1-2H3/b10-9-,13-12-;9-4+,14-10-;. The first-order valence-corrected chi connectivity index (χ1v) is 24.9. The number of carbonyl (C=O) groups is 5. The molecule has 0 aromatic carbocycles. The fraction of sp³-hybridized carbons (Fsp3) is 0.759. The molecule has 0 aromatic rings. The Labute approximate surface area is 384 Å². The van der Waals surface area contributed by atoms with E-state index in [0.29, 0.717) is 19.6 Å². The van der Waals surface area contributed by atoms with Crippen molar-refractivity contribution < 1.29 is 38.6 Å². The van der Waals surface area contributed by atoms with Gasteiger partial charge in [-0.3, -0.25) is 14.4 Å². The van der Waals surface area contributed by atoms with Gasteiger partial charge in [0, 0.05) is 43.2 Å². The molecular formula is C54H91NO8. The number of esters is 1. The van der Waals surface area contributed by atoms with Crippen LogP contribution in [0.3, 0.4) is 0 Å². The maximum Gasteiger partial charge on any atom is 0.306 e. The quantitative estimate of drug-likeness (QED) is 0.0269. The highest BCUT2D eigenvalue weighted by Crippen LogP contribution is 2.61. The topological polar surface area (TPSA) is 127 Å². The van der Waals surface area contributed by atoms with E-state index in [9.17, 15) is 29.1 Å². The van der Waals surface area contributed by atoms with Crippen LogP contribution in [0.1, 0.15) is 190 Å². The summed E-state index contributed by atoms with van der Waals surface area (Å²) in [6.07, 6.45) is 37.9. The van der Waals surface area contributed by atoms with Crippen LogP contribution < -0.4 is 0 Å². The molecule has 0 aromatic heterocycles. The fourth-order valence-corrected chi connectivity index (χ4v) is 9.79. The SMILES string of the molecule is C/C=C/C1(C)/C(=C\C(C)=O)CCC2C1C(=O)CC1(O)C(C=O)CCC21.CCCCC.CCCCC/C=C\C/C=C\CCCCCCCCOC(COC(=O)CCC(C)=O)CN(C)C. The van der Waals surface area contributed by atoms with Gasteiger partial charge in [0.05, 0.1) is 12.0 Å². The summed E-state index contributed by atoms with van der Waals surface area (Å²) in [6.45, 7) is 15.3. The molecule has 0 heterocycles. The number of allylic oxidation sites excluding steroid dienone is 8. The Morgan fingerprint density at radius 3 is 2.02 bits per heavy atom. The van der Waals surface area contributed by atoms with Crippen molar-refractivity contribution in [1.82, 2.24) is 4.90 Å². The van der Waals surface area contributed by atoms with Crippen LogP contribution in [0.25, 0.3) is 0 Å². The van der Waals surface area contributed by atoms with E-state index in [1.807, 2.05) is 45.0 Å². The van der Waals surface area contributed by atoms with Gasteiger partial charge in [-0.05, 0) is 117 Å². The molecule has 63 heavy (non-hydrogen) atoms. The van der Waals surface area contributed by atoms with E-state index >= 15 is 0 Å². The van der Waals surface area contributed by atoms with Gasteiger partial charge >= 0.3 is 5.97 Å². The lowest BCUT2D eigenvalue weighted by molar-refractivity contribution is -0.158. The van der Waals surface area contributed by atoms with Crippen molar-refractivity contribution in [3.05, 3.63) is 48.1 Å². The number of unbranched alkanes of at least 4 members (excludes halogenated alkanes) is 11. The predicted octanol–water partition coefficient (Wildman–Crippen LogP) is 11.9. The average molecular weight is 882 g/mol. The molecular weight excluding hydrogens is 791 g/mol. The van der Waals surface area contributed by atoms with Crippen molar-refractivity contribution in [2.24, 2.45) is 29.1 Å². The van der Waals surface area contributed by atoms with E-state index in [4.69, 9.17) is 9.47 Å². The molecule has 3 aliphatic rings. The maximum absolute atomic E-state index is 13.1. The van der Waals surface area contributed by atoms with E-state index < -0.39 is 16.9 Å². The van der Waals surface area contributed by atoms with E-state index in [-0.39, 0.29) is 73.0 Å². The number of aliphatic hydroxyl groups is 1. The number of rotatable bonds is 28. The van der Waals surface area contributed by atoms with Gasteiger partial charge in [-0.1, -0.05) is 128 Å². The molecule has 0 aliphatic heterocycles. The summed E-state index contributed by atoms with van der Waals surface area (Å²) in [4.78, 5) is 61.0. The minimum atomic E-state index is -1.17. The van der Waals surface area contributed by atoms with Crippen LogP contribution in [-0.2, 0) is 33.4 Å². The van der Waals surface area contributed by atoms with E-state index in [2.05, 4.69) is 45.1 Å². The molecule has 3 fully saturated rings. The zero-order chi connectivity index (χ0) is 47.1. The third kappa shape index (κ3) is 22.2. The van der Waals surface area contributed by atoms with Crippen LogP contribution in [0, 0.1) is 29.1 Å². The lowest BCUT2D eigenvalue weighted by Crippen LogP contribution is -2.58. The molecule has 3 rings (SSSR count). The molecule has 9 nitrogen and oxygen atoms in total. The highest BCUT2D eigenvalue weighted by Gasteiger charge is 2.62. The second-order valence-corrected chi connectivity index (χ2v) is 18.9. The lowest BCUT2D eigenvalue weighted by atomic mass is 9.50. The number of hydrogen-bond donors (Lipinski definition) is 1. The summed E-state index contributed by atoms with van der Waals surface area (Å²) in [5.41, 5.74) is -0.636. The summed E-state index contributed by atoms with van der Waals surface area (Å²) in [7, 11) is 3.96. The Kier molecular flexibility index (Phi) is 30.8. The number of fused-ring (bicyclic) bond motifs is 3. The van der Waals surface area contributed by atoms with Gasteiger partial charge < -0.3 is 29.1 Å². The second kappa shape index (κ2) is 33.5. The molecule has 0 amide bonds. The molecule has 360 valence electrons. The molecule has 1 N–H and O–H groups in total. The van der Waals surface area contributed by atoms with E-state index in [0.717, 1.165) is 44.0 Å². The summed E-state index contributed by atoms with van der Waals surface area (Å²) >= 11 is 0. The number of likely N-dealkylation sites (N-methyl/N-ethyl adjacent to an activating group) is 1. The van der Waals surface area contributed by atoms with Gasteiger partial charge in [0.1, 0.15) is 30.6 Å². The first-order valence-electron chi connectivity index (χ1n) is 24.9. The highest BCUT2D eigenvalue weighted by atomic mass is 16.6. The molecule has 0 bridgehead atoms. The second-order valence-electron chi connectivity index (χ2n) is 18.9. The Morgan fingerprint density at radius 1 is 0.841 bits per heavy atom. The molecule has 9 heteroatoms. The molecule has 7 unspecified atom stereocenters. The van der Waals surface area contributed by atoms with Crippen LogP contribution in [-0.4, -0.2) is 85.2 Å². The average Bonchev–Trinajstić information content (AvgIpc) is 3.57. The summed E-state index contributed by atoms with van der Waals surface area (Å²) in [5.74, 6) is -0.867. The molecule has 3 saturated carbocycles. The Morgan fingerprint density at radius 2 is 1.46 bits per heavy atom. The van der Waals surface area contributed by atoms with Crippen molar-refractivity contribution in [2.45, 2.75) is 201 Å². The van der Waals surface area contributed by atoms with Crippen LogP contribution in [0.15, 0.2) is 48.1 Å². The summed E-state index contributed by atoms with van der Waals surface area (Å²) in [6, 6.07) is 0. The predicted molar refractivity (Wildman–Crippen MR) is 258 cm³/mol. The molecule has 0 spiro atoms. The van der Waals surface area contributed by atoms with Crippen LogP contribution in [0.2, 0.25) is 0 Å². The van der Waals surface area contributed by atoms with Crippen LogP contribution in [0.4, 0.5) is 0 Å². The maximum atomic E-state index is 13.1. The number of aldehydes is 1. The molecule has 0 radical (unpaired) electrons. The lowest BCUT2D eigenvalue weighted by Gasteiger charge is -2.54. The van der Waals surface area contributed by atoms with Crippen LogP contribution >= 0.6 is 0 Å². The van der Waals surface area contributed by atoms with E-state index in [1.54, 1.807) is 13.0 Å². The number of carbonyl (C=O) groups excluding carboxylic acids is 5. The van der Waals surface area contributed by atoms with Gasteiger partial charge in [-0.15, -0.1) is 0 Å². The van der Waals surface area contributed by atoms with Gasteiger partial charge in [0.25, 0.3) is 0 Å². The molecule has 7 atom stereocenters. The minimum Gasteiger partial charge on any atom is -0.463 e. The van der Waals surface area contributed by atoms with Gasteiger partial charge in [-0.25, -0.2) is 0 Å². The number of ether oxygens (including phenoxy) is 2. The zero-order valence-electron chi connectivity index (χ0n) is 41.4. The van der Waals surface area contributed by atoms with Gasteiger partial charge in [-0.2, -0.15) is 0 Å². The highest BCUT2D eigenvalue weighted by molar-refractivity contribution is 5.90. The molecule has 3 aliphatic carbocycles. The number of ketones is 3. The normalized spacial score (nSPS) is 25.4. The Bertz CT molecular complexity index is 1440. The fourth-order valence-electron chi connectivity index (χ4n) is 9.79. The monoisotopic (exact) mass is 882 g/mol. The smallest absolute Gasteiger partial charge is 0.306 e. The first kappa shape index (κ1) is 58.0. The largest absolute Gasteiger partial charge is 0.463 e. The molecule has 0 saturated heterocycles. The third-order valence-electron chi connectivity index (χ3n) is 13.0. The minimum absolute atomic E-state index is 0.00503. The van der Waals surface area contributed by atoms with Crippen molar-refractivity contribution in [2.75, 3.05) is 33.9 Å². The summed E-state index contributed by atoms with van der Waals surface area (Å²) in [5, 5.41) is 11.2. The van der Waals surface area contributed by atoms with Gasteiger partial charge in [0.2, 0.25) is 0 Å². The van der Waals surface area contributed by atoms with Crippen LogP contribution in [0.5, 0.6) is 0 Å². The number of hydrogen-bond acceptors (Lipinski definition) is 9. The Hall–Kier alpha value is -3.01. The summed E-state index contributed by atoms with van der Waals surface area (Å²) < 4.78 is 11.2. The van der Waals surface area contributed by atoms with Crippen molar-refractivity contribution in [3.63, 3.8) is 0 Å². The first-order chi connectivity index (χ1) is 30.1. The van der Waals surface area contributed by atoms with Crippen molar-refractivity contribution in [1.29, 1.82) is 0 Å². The van der Waals surface area contributed by atoms with Gasteiger partial charge in [0.15, 0.2) is 5.78 Å². The number of nitrogens with zero attached hydrogens (tertiary/aromatic N) is 1. The van der Waals surface area contributed by atoms with E-state index in [1.165, 1.54) is 90.4 Å². The van der Waals surface area contributed by atoms with Crippen molar-refractivity contribution >= 4 is 29.6 Å².